The van der Waals surface area contributed by atoms with Gasteiger partial charge >= 0.3 is 0 Å². The zero-order chi connectivity index (χ0) is 14.4. The highest BCUT2D eigenvalue weighted by atomic mass is 15.3. The van der Waals surface area contributed by atoms with E-state index < -0.39 is 0 Å². The van der Waals surface area contributed by atoms with Crippen molar-refractivity contribution in [2.24, 2.45) is 0 Å². The Morgan fingerprint density at radius 3 is 2.80 bits per heavy atom. The lowest BCUT2D eigenvalue weighted by molar-refractivity contribution is 0.545. The number of aryl methyl sites for hydroxylation is 3. The van der Waals surface area contributed by atoms with Crippen molar-refractivity contribution in [2.45, 2.75) is 45.7 Å². The van der Waals surface area contributed by atoms with Crippen LogP contribution in [0.1, 0.15) is 42.5 Å². The topological polar surface area (TPSA) is 29.9 Å². The Morgan fingerprint density at radius 1 is 1.30 bits per heavy atom. The molecule has 3 nitrogen and oxygen atoms in total. The monoisotopic (exact) mass is 271 g/mol. The van der Waals surface area contributed by atoms with Gasteiger partial charge in [-0.3, -0.25) is 4.68 Å². The number of aromatic nitrogens is 2. The summed E-state index contributed by atoms with van der Waals surface area (Å²) >= 11 is 0. The van der Waals surface area contributed by atoms with Crippen LogP contribution in [0.3, 0.4) is 0 Å². The van der Waals surface area contributed by atoms with E-state index in [-0.39, 0.29) is 0 Å². The number of hydrogen-bond acceptors (Lipinski definition) is 2. The van der Waals surface area contributed by atoms with Crippen molar-refractivity contribution < 1.29 is 0 Å². The van der Waals surface area contributed by atoms with E-state index in [0.717, 1.165) is 25.8 Å². The first-order chi connectivity index (χ1) is 9.74. The van der Waals surface area contributed by atoms with E-state index in [1.807, 2.05) is 17.9 Å². The summed E-state index contributed by atoms with van der Waals surface area (Å²) in [6.07, 6.45) is 7.47. The third-order valence-corrected chi connectivity index (χ3v) is 3.82. The lowest BCUT2D eigenvalue weighted by atomic mass is 9.98. The number of nitrogens with zero attached hydrogens (tertiary/aromatic N) is 2. The van der Waals surface area contributed by atoms with Gasteiger partial charge in [0.25, 0.3) is 0 Å². The minimum Gasteiger partial charge on any atom is -0.313 e. The Morgan fingerprint density at radius 2 is 2.10 bits per heavy atom. The lowest BCUT2D eigenvalue weighted by Crippen LogP contribution is -2.16. The SMILES string of the molecule is CCCn1cc(C(CCc2ccccc2C)NC)cn1. The molecule has 2 rings (SSSR count). The molecule has 1 aromatic carbocycles. The second-order valence-electron chi connectivity index (χ2n) is 5.34. The molecule has 20 heavy (non-hydrogen) atoms. The van der Waals surface area contributed by atoms with Gasteiger partial charge in [-0.25, -0.2) is 0 Å². The van der Waals surface area contributed by atoms with E-state index in [4.69, 9.17) is 0 Å². The van der Waals surface area contributed by atoms with Gasteiger partial charge in [0.1, 0.15) is 0 Å². The quantitative estimate of drug-likeness (QED) is 0.835. The van der Waals surface area contributed by atoms with Gasteiger partial charge in [-0.05, 0) is 44.4 Å². The van der Waals surface area contributed by atoms with E-state index in [9.17, 15) is 0 Å². The maximum Gasteiger partial charge on any atom is 0.0537 e. The Kier molecular flexibility index (Phi) is 5.36. The first-order valence-corrected chi connectivity index (χ1v) is 7.48. The maximum atomic E-state index is 4.42. The molecule has 0 aliphatic carbocycles. The van der Waals surface area contributed by atoms with Crippen molar-refractivity contribution in [3.05, 3.63) is 53.3 Å². The van der Waals surface area contributed by atoms with Crippen LogP contribution in [0.5, 0.6) is 0 Å². The number of benzene rings is 1. The van der Waals surface area contributed by atoms with Crippen molar-refractivity contribution in [1.29, 1.82) is 0 Å². The molecule has 0 spiro atoms. The van der Waals surface area contributed by atoms with Gasteiger partial charge in [0, 0.05) is 24.3 Å². The molecule has 1 aromatic heterocycles. The highest BCUT2D eigenvalue weighted by Gasteiger charge is 2.12. The van der Waals surface area contributed by atoms with Crippen LogP contribution >= 0.6 is 0 Å². The average Bonchev–Trinajstić information content (AvgIpc) is 2.90. The number of nitrogens with one attached hydrogen (secondary N) is 1. The van der Waals surface area contributed by atoms with E-state index in [1.165, 1.54) is 16.7 Å². The van der Waals surface area contributed by atoms with E-state index in [0.29, 0.717) is 6.04 Å². The van der Waals surface area contributed by atoms with Gasteiger partial charge in [0.15, 0.2) is 0 Å². The Bertz CT molecular complexity index is 531. The molecule has 0 fully saturated rings. The van der Waals surface area contributed by atoms with E-state index in [2.05, 4.69) is 54.7 Å². The zero-order valence-electron chi connectivity index (χ0n) is 12.8. The summed E-state index contributed by atoms with van der Waals surface area (Å²) in [7, 11) is 2.03. The van der Waals surface area contributed by atoms with Gasteiger partial charge in [0.05, 0.1) is 6.20 Å². The van der Waals surface area contributed by atoms with Crippen LogP contribution in [0.2, 0.25) is 0 Å². The summed E-state index contributed by atoms with van der Waals surface area (Å²) in [6.45, 7) is 5.35. The molecule has 1 N–H and O–H groups in total. The highest BCUT2D eigenvalue weighted by Crippen LogP contribution is 2.20. The normalized spacial score (nSPS) is 12.6. The van der Waals surface area contributed by atoms with Crippen LogP contribution in [0, 0.1) is 6.92 Å². The van der Waals surface area contributed by atoms with Crippen LogP contribution in [0.25, 0.3) is 0 Å². The molecule has 0 aliphatic rings. The van der Waals surface area contributed by atoms with Crippen molar-refractivity contribution >= 4 is 0 Å². The summed E-state index contributed by atoms with van der Waals surface area (Å²) in [5, 5.41) is 7.83. The molecule has 0 amide bonds. The number of hydrogen-bond donors (Lipinski definition) is 1. The Labute approximate surface area is 122 Å². The predicted molar refractivity (Wildman–Crippen MR) is 83.8 cm³/mol. The molecule has 2 aromatic rings. The molecule has 0 radical (unpaired) electrons. The molecule has 1 heterocycles. The summed E-state index contributed by atoms with van der Waals surface area (Å²) < 4.78 is 2.04. The van der Waals surface area contributed by atoms with Crippen LogP contribution < -0.4 is 5.32 Å². The fourth-order valence-electron chi connectivity index (χ4n) is 2.58. The van der Waals surface area contributed by atoms with Gasteiger partial charge in [-0.1, -0.05) is 31.2 Å². The molecule has 1 unspecified atom stereocenters. The summed E-state index contributed by atoms with van der Waals surface area (Å²) in [5.41, 5.74) is 4.10. The smallest absolute Gasteiger partial charge is 0.0537 e. The fraction of sp³-hybridized carbons (Fsp3) is 0.471. The largest absolute Gasteiger partial charge is 0.313 e. The van der Waals surface area contributed by atoms with Crippen molar-refractivity contribution in [2.75, 3.05) is 7.05 Å². The molecule has 1 atom stereocenters. The van der Waals surface area contributed by atoms with Crippen LogP contribution in [0.4, 0.5) is 0 Å². The van der Waals surface area contributed by atoms with Crippen LogP contribution in [-0.2, 0) is 13.0 Å². The van der Waals surface area contributed by atoms with Crippen molar-refractivity contribution in [1.82, 2.24) is 15.1 Å². The molecule has 0 saturated carbocycles. The van der Waals surface area contributed by atoms with Crippen LogP contribution in [0.15, 0.2) is 36.7 Å². The van der Waals surface area contributed by atoms with Gasteiger partial charge in [-0.15, -0.1) is 0 Å². The van der Waals surface area contributed by atoms with Crippen molar-refractivity contribution in [3.63, 3.8) is 0 Å². The fourth-order valence-corrected chi connectivity index (χ4v) is 2.58. The Balaban J connectivity index is 1.99. The molecular formula is C17H25N3. The minimum absolute atomic E-state index is 0.375. The molecule has 3 heteroatoms. The Hall–Kier alpha value is -1.61. The second kappa shape index (κ2) is 7.25. The third-order valence-electron chi connectivity index (χ3n) is 3.82. The molecule has 0 bridgehead atoms. The lowest BCUT2D eigenvalue weighted by Gasteiger charge is -2.15. The summed E-state index contributed by atoms with van der Waals surface area (Å²) in [6, 6.07) is 9.00. The summed E-state index contributed by atoms with van der Waals surface area (Å²) in [5.74, 6) is 0. The third kappa shape index (κ3) is 3.70. The highest BCUT2D eigenvalue weighted by molar-refractivity contribution is 5.26. The molecule has 108 valence electrons. The maximum absolute atomic E-state index is 4.42. The zero-order valence-corrected chi connectivity index (χ0v) is 12.8. The molecule has 0 saturated heterocycles. The predicted octanol–water partition coefficient (Wildman–Crippen LogP) is 3.49. The minimum atomic E-state index is 0.375. The first kappa shape index (κ1) is 14.8. The van der Waals surface area contributed by atoms with Gasteiger partial charge in [0.2, 0.25) is 0 Å². The number of rotatable bonds is 7. The standard InChI is InChI=1S/C17H25N3/c1-4-11-20-13-16(12-19-20)17(18-3)10-9-15-8-6-5-7-14(15)2/h5-8,12-13,17-18H,4,9-11H2,1-3H3. The molecular weight excluding hydrogens is 246 g/mol. The van der Waals surface area contributed by atoms with E-state index >= 15 is 0 Å². The van der Waals surface area contributed by atoms with Crippen LogP contribution in [-0.4, -0.2) is 16.8 Å². The summed E-state index contributed by atoms with van der Waals surface area (Å²) in [4.78, 5) is 0. The van der Waals surface area contributed by atoms with Crippen molar-refractivity contribution in [3.8, 4) is 0 Å². The first-order valence-electron chi connectivity index (χ1n) is 7.48. The van der Waals surface area contributed by atoms with E-state index in [1.54, 1.807) is 0 Å². The average molecular weight is 271 g/mol. The van der Waals surface area contributed by atoms with Gasteiger partial charge < -0.3 is 5.32 Å². The second-order valence-corrected chi connectivity index (χ2v) is 5.34. The molecule has 0 aliphatic heterocycles. The van der Waals surface area contributed by atoms with Gasteiger partial charge in [-0.2, -0.15) is 5.10 Å².